The highest BCUT2D eigenvalue weighted by molar-refractivity contribution is 5.54. The van der Waals surface area contributed by atoms with E-state index in [1.54, 1.807) is 10.7 Å². The molecule has 0 spiro atoms. The lowest BCUT2D eigenvalue weighted by molar-refractivity contribution is 0.285. The number of aryl methyl sites for hydroxylation is 1. The first-order valence-corrected chi connectivity index (χ1v) is 5.95. The zero-order valence-corrected chi connectivity index (χ0v) is 10.1. The normalized spacial score (nSPS) is 24.7. The van der Waals surface area contributed by atoms with Crippen LogP contribution in [0.4, 0.5) is 4.39 Å². The van der Waals surface area contributed by atoms with Crippen molar-refractivity contribution < 1.29 is 8.50 Å². The van der Waals surface area contributed by atoms with Crippen LogP contribution in [0.15, 0.2) is 24.4 Å². The molecule has 2 aromatic heterocycles. The minimum absolute atomic E-state index is 0.0243. The van der Waals surface area contributed by atoms with Gasteiger partial charge in [-0.1, -0.05) is 0 Å². The third-order valence-electron chi connectivity index (χ3n) is 3.29. The molecule has 0 radical (unpaired) electrons. The topological polar surface area (TPSA) is 54.5 Å². The highest BCUT2D eigenvalue weighted by atomic mass is 19.1. The van der Waals surface area contributed by atoms with Crippen LogP contribution in [0.1, 0.15) is 23.1 Å². The number of rotatable bonds is 1. The molecule has 0 N–H and O–H groups in total. The zero-order valence-electron chi connectivity index (χ0n) is 13.1. The van der Waals surface area contributed by atoms with Crippen molar-refractivity contribution in [3.05, 3.63) is 35.9 Å². The largest absolute Gasteiger partial charge is 0.267 e. The predicted octanol–water partition coefficient (Wildman–Crippen LogP) is 2.56. The number of nitrogens with zero attached hydrogens (tertiary/aromatic N) is 4. The van der Waals surface area contributed by atoms with E-state index in [1.807, 2.05) is 6.07 Å². The van der Waals surface area contributed by atoms with E-state index in [9.17, 15) is 9.65 Å². The van der Waals surface area contributed by atoms with Gasteiger partial charge in [-0.3, -0.25) is 9.67 Å². The van der Waals surface area contributed by atoms with Crippen LogP contribution in [0.25, 0.3) is 11.4 Å². The Morgan fingerprint density at radius 2 is 2.42 bits per heavy atom. The van der Waals surface area contributed by atoms with Crippen LogP contribution in [-0.2, 0) is 13.0 Å². The minimum Gasteiger partial charge on any atom is -0.267 e. The molecule has 0 aromatic carbocycles. The van der Waals surface area contributed by atoms with Gasteiger partial charge in [0.1, 0.15) is 11.5 Å². The standard InChI is InChI=1S/C14H13FN4/c1-14(8-16)5-4-11-6-13(18-19(11)9-14)12-3-2-10(15)7-17-12/h2-3,6-7H,4-5,9H2,1H3/i1D3. The van der Waals surface area contributed by atoms with Crippen molar-refractivity contribution in [2.45, 2.75) is 26.2 Å². The first-order valence-electron chi connectivity index (χ1n) is 7.45. The van der Waals surface area contributed by atoms with Gasteiger partial charge in [-0.25, -0.2) is 4.39 Å². The first kappa shape index (κ1) is 8.81. The van der Waals surface area contributed by atoms with E-state index in [1.165, 1.54) is 12.1 Å². The van der Waals surface area contributed by atoms with Gasteiger partial charge in [-0.15, -0.1) is 0 Å². The summed E-state index contributed by atoms with van der Waals surface area (Å²) in [5.41, 5.74) is 0.504. The van der Waals surface area contributed by atoms with Gasteiger partial charge in [0.2, 0.25) is 0 Å². The summed E-state index contributed by atoms with van der Waals surface area (Å²) >= 11 is 0. The van der Waals surface area contributed by atoms with E-state index in [2.05, 4.69) is 10.1 Å². The lowest BCUT2D eigenvalue weighted by atomic mass is 9.84. The molecular formula is C14H13FN4. The molecule has 0 fully saturated rings. The van der Waals surface area contributed by atoms with E-state index < -0.39 is 18.1 Å². The maximum absolute atomic E-state index is 12.9. The monoisotopic (exact) mass is 259 g/mol. The van der Waals surface area contributed by atoms with Crippen molar-refractivity contribution in [3.63, 3.8) is 0 Å². The summed E-state index contributed by atoms with van der Waals surface area (Å²) in [4.78, 5) is 3.97. The molecule has 0 amide bonds. The summed E-state index contributed by atoms with van der Waals surface area (Å²) in [6, 6.07) is 6.59. The lowest BCUT2D eigenvalue weighted by Crippen LogP contribution is -2.29. The number of hydrogen-bond acceptors (Lipinski definition) is 3. The van der Waals surface area contributed by atoms with Crippen molar-refractivity contribution in [2.24, 2.45) is 5.41 Å². The number of fused-ring (bicyclic) bond motifs is 1. The molecule has 1 unspecified atom stereocenters. The lowest BCUT2D eigenvalue weighted by Gasteiger charge is -2.27. The Morgan fingerprint density at radius 3 is 3.11 bits per heavy atom. The zero-order chi connectivity index (χ0) is 16.0. The van der Waals surface area contributed by atoms with Crippen LogP contribution in [0, 0.1) is 22.6 Å². The Morgan fingerprint density at radius 1 is 1.53 bits per heavy atom. The minimum atomic E-state index is -2.36. The third-order valence-corrected chi connectivity index (χ3v) is 3.29. The molecule has 1 aliphatic rings. The molecule has 0 saturated heterocycles. The van der Waals surface area contributed by atoms with E-state index >= 15 is 0 Å². The molecule has 96 valence electrons. The van der Waals surface area contributed by atoms with Crippen LogP contribution in [0.5, 0.6) is 0 Å². The molecule has 1 aliphatic heterocycles. The van der Waals surface area contributed by atoms with Gasteiger partial charge in [0.25, 0.3) is 0 Å². The average molecular weight is 259 g/mol. The van der Waals surface area contributed by atoms with E-state index in [0.29, 0.717) is 17.8 Å². The van der Waals surface area contributed by atoms with E-state index in [-0.39, 0.29) is 13.0 Å². The maximum Gasteiger partial charge on any atom is 0.141 e. The summed E-state index contributed by atoms with van der Waals surface area (Å²) in [5, 5.41) is 13.7. The van der Waals surface area contributed by atoms with Crippen LogP contribution >= 0.6 is 0 Å². The van der Waals surface area contributed by atoms with Crippen LogP contribution in [-0.4, -0.2) is 14.8 Å². The first-order chi connectivity index (χ1) is 10.3. The summed E-state index contributed by atoms with van der Waals surface area (Å²) in [6.07, 6.45) is 1.83. The Bertz CT molecular complexity index is 745. The highest BCUT2D eigenvalue weighted by Crippen LogP contribution is 2.32. The molecule has 4 nitrogen and oxygen atoms in total. The fourth-order valence-corrected chi connectivity index (χ4v) is 2.21. The van der Waals surface area contributed by atoms with E-state index in [0.717, 1.165) is 11.9 Å². The maximum atomic E-state index is 12.9. The van der Waals surface area contributed by atoms with E-state index in [4.69, 9.17) is 4.11 Å². The van der Waals surface area contributed by atoms with Crippen molar-refractivity contribution in [1.82, 2.24) is 14.8 Å². The van der Waals surface area contributed by atoms with Gasteiger partial charge in [-0.05, 0) is 37.9 Å². The molecule has 0 saturated carbocycles. The Hall–Kier alpha value is -2.22. The van der Waals surface area contributed by atoms with Crippen molar-refractivity contribution >= 4 is 0 Å². The number of aromatic nitrogens is 3. The van der Waals surface area contributed by atoms with Crippen molar-refractivity contribution in [3.8, 4) is 17.5 Å². The molecule has 3 rings (SSSR count). The molecular weight excluding hydrogens is 243 g/mol. The quantitative estimate of drug-likeness (QED) is 0.790. The smallest absolute Gasteiger partial charge is 0.141 e. The average Bonchev–Trinajstić information content (AvgIpc) is 2.89. The summed E-state index contributed by atoms with van der Waals surface area (Å²) in [5.74, 6) is -0.432. The fraction of sp³-hybridized carbons (Fsp3) is 0.357. The third kappa shape index (κ3) is 2.10. The highest BCUT2D eigenvalue weighted by Gasteiger charge is 2.31. The number of pyridine rings is 1. The molecule has 19 heavy (non-hydrogen) atoms. The predicted molar refractivity (Wildman–Crippen MR) is 67.5 cm³/mol. The molecule has 3 heterocycles. The second-order valence-corrected chi connectivity index (χ2v) is 4.73. The van der Waals surface area contributed by atoms with Crippen LogP contribution < -0.4 is 0 Å². The molecule has 2 aromatic rings. The van der Waals surface area contributed by atoms with Gasteiger partial charge in [-0.2, -0.15) is 10.4 Å². The van der Waals surface area contributed by atoms with Crippen LogP contribution in [0.2, 0.25) is 0 Å². The fourth-order valence-electron chi connectivity index (χ4n) is 2.21. The molecule has 0 bridgehead atoms. The van der Waals surface area contributed by atoms with Gasteiger partial charge in [0.05, 0.1) is 29.9 Å². The van der Waals surface area contributed by atoms with Crippen molar-refractivity contribution in [2.75, 3.05) is 0 Å². The Labute approximate surface area is 114 Å². The molecule has 1 atom stereocenters. The second kappa shape index (κ2) is 4.16. The Balaban J connectivity index is 1.97. The summed E-state index contributed by atoms with van der Waals surface area (Å²) in [7, 11) is 0. The van der Waals surface area contributed by atoms with Gasteiger partial charge in [0.15, 0.2) is 0 Å². The Kier molecular flexibility index (Phi) is 1.93. The van der Waals surface area contributed by atoms with Gasteiger partial charge < -0.3 is 0 Å². The van der Waals surface area contributed by atoms with Gasteiger partial charge in [0, 0.05) is 9.81 Å². The molecule has 0 aliphatic carbocycles. The molecule has 5 heteroatoms. The second-order valence-electron chi connectivity index (χ2n) is 4.73. The van der Waals surface area contributed by atoms with Crippen molar-refractivity contribution in [1.29, 1.82) is 5.26 Å². The number of nitriles is 1. The summed E-state index contributed by atoms with van der Waals surface area (Å²) < 4.78 is 37.4. The number of hydrogen-bond donors (Lipinski definition) is 0. The van der Waals surface area contributed by atoms with Gasteiger partial charge >= 0.3 is 0 Å². The SMILES string of the molecule is [2H]C([2H])([2H])C1(C#N)CCc2cc(-c3ccc(F)cn3)nn2C1. The number of halogens is 1. The summed E-state index contributed by atoms with van der Waals surface area (Å²) in [6.45, 7) is -2.34. The van der Waals surface area contributed by atoms with Crippen LogP contribution in [0.3, 0.4) is 0 Å².